The highest BCUT2D eigenvalue weighted by Gasteiger charge is 2.36. The predicted molar refractivity (Wildman–Crippen MR) is 74.7 cm³/mol. The second kappa shape index (κ2) is 7.31. The van der Waals surface area contributed by atoms with Crippen LogP contribution in [0.2, 0.25) is 0 Å². The molecule has 5 nitrogen and oxygen atoms in total. The SMILES string of the molecule is CCOC(=O)C(C)(NCCN(C)C)c1cncc(F)c1. The van der Waals surface area contributed by atoms with Gasteiger partial charge in [0.05, 0.1) is 12.8 Å². The van der Waals surface area contributed by atoms with Gasteiger partial charge in [-0.1, -0.05) is 0 Å². The van der Waals surface area contributed by atoms with Gasteiger partial charge in [-0.25, -0.2) is 9.18 Å². The molecule has 20 heavy (non-hydrogen) atoms. The van der Waals surface area contributed by atoms with Gasteiger partial charge in [0.15, 0.2) is 0 Å². The number of halogens is 1. The number of rotatable bonds is 7. The Hall–Kier alpha value is -1.53. The van der Waals surface area contributed by atoms with Crippen LogP contribution in [0.5, 0.6) is 0 Å². The lowest BCUT2D eigenvalue weighted by Crippen LogP contribution is -2.49. The topological polar surface area (TPSA) is 54.5 Å². The molecule has 0 amide bonds. The molecule has 0 aromatic carbocycles. The molecule has 0 saturated carbocycles. The number of hydrogen-bond donors (Lipinski definition) is 1. The number of carbonyl (C=O) groups is 1. The smallest absolute Gasteiger partial charge is 0.330 e. The van der Waals surface area contributed by atoms with E-state index in [2.05, 4.69) is 10.3 Å². The second-order valence-electron chi connectivity index (χ2n) is 4.97. The van der Waals surface area contributed by atoms with E-state index in [0.29, 0.717) is 12.1 Å². The fourth-order valence-electron chi connectivity index (χ4n) is 1.78. The average molecular weight is 283 g/mol. The van der Waals surface area contributed by atoms with Crippen LogP contribution in [0.3, 0.4) is 0 Å². The summed E-state index contributed by atoms with van der Waals surface area (Å²) in [6.07, 6.45) is 2.58. The van der Waals surface area contributed by atoms with Gasteiger partial charge in [0.25, 0.3) is 0 Å². The van der Waals surface area contributed by atoms with E-state index in [1.54, 1.807) is 13.8 Å². The van der Waals surface area contributed by atoms with E-state index in [1.807, 2.05) is 19.0 Å². The Labute approximate surface area is 119 Å². The number of hydrogen-bond acceptors (Lipinski definition) is 5. The lowest BCUT2D eigenvalue weighted by atomic mass is 9.93. The molecule has 1 atom stereocenters. The Morgan fingerprint density at radius 3 is 2.75 bits per heavy atom. The summed E-state index contributed by atoms with van der Waals surface area (Å²) in [6, 6.07) is 1.30. The summed E-state index contributed by atoms with van der Waals surface area (Å²) in [5.74, 6) is -0.918. The molecule has 1 heterocycles. The monoisotopic (exact) mass is 283 g/mol. The molecule has 1 unspecified atom stereocenters. The van der Waals surface area contributed by atoms with E-state index < -0.39 is 17.3 Å². The van der Waals surface area contributed by atoms with Crippen LogP contribution in [0.15, 0.2) is 18.5 Å². The minimum Gasteiger partial charge on any atom is -0.464 e. The van der Waals surface area contributed by atoms with Gasteiger partial charge in [-0.3, -0.25) is 10.3 Å². The molecule has 0 fully saturated rings. The Bertz CT molecular complexity index is 454. The summed E-state index contributed by atoms with van der Waals surface area (Å²) in [5, 5.41) is 3.13. The molecule has 0 aliphatic heterocycles. The normalized spacial score (nSPS) is 14.1. The van der Waals surface area contributed by atoms with Crippen LogP contribution in [-0.2, 0) is 15.1 Å². The number of aromatic nitrogens is 1. The summed E-state index contributed by atoms with van der Waals surface area (Å²) in [5.41, 5.74) is -0.657. The van der Waals surface area contributed by atoms with E-state index in [1.165, 1.54) is 12.3 Å². The van der Waals surface area contributed by atoms with Gasteiger partial charge in [0.2, 0.25) is 0 Å². The molecule has 1 aromatic heterocycles. The molecule has 0 aliphatic carbocycles. The van der Waals surface area contributed by atoms with E-state index >= 15 is 0 Å². The van der Waals surface area contributed by atoms with Crippen molar-refractivity contribution < 1.29 is 13.9 Å². The average Bonchev–Trinajstić information content (AvgIpc) is 2.38. The number of nitrogens with one attached hydrogen (secondary N) is 1. The molecule has 0 spiro atoms. The summed E-state index contributed by atoms with van der Waals surface area (Å²) in [7, 11) is 3.88. The molecule has 0 aliphatic rings. The molecule has 1 rings (SSSR count). The van der Waals surface area contributed by atoms with Crippen LogP contribution < -0.4 is 5.32 Å². The molecule has 1 aromatic rings. The van der Waals surface area contributed by atoms with Crippen LogP contribution in [0, 0.1) is 5.82 Å². The fourth-order valence-corrected chi connectivity index (χ4v) is 1.78. The zero-order valence-electron chi connectivity index (χ0n) is 12.4. The minimum absolute atomic E-state index is 0.270. The maximum absolute atomic E-state index is 13.3. The highest BCUT2D eigenvalue weighted by molar-refractivity contribution is 5.82. The van der Waals surface area contributed by atoms with Gasteiger partial charge in [0, 0.05) is 24.8 Å². The highest BCUT2D eigenvalue weighted by Crippen LogP contribution is 2.22. The quantitative estimate of drug-likeness (QED) is 0.761. The first kappa shape index (κ1) is 16.5. The first-order valence-electron chi connectivity index (χ1n) is 6.58. The van der Waals surface area contributed by atoms with Gasteiger partial charge in [0.1, 0.15) is 11.4 Å². The van der Waals surface area contributed by atoms with Gasteiger partial charge in [-0.05, 0) is 34.0 Å². The van der Waals surface area contributed by atoms with Crippen LogP contribution >= 0.6 is 0 Å². The number of likely N-dealkylation sites (N-methyl/N-ethyl adjacent to an activating group) is 1. The van der Waals surface area contributed by atoms with Crippen molar-refractivity contribution in [3.05, 3.63) is 29.8 Å². The number of nitrogens with zero attached hydrogens (tertiary/aromatic N) is 2. The van der Waals surface area contributed by atoms with Crippen molar-refractivity contribution in [2.24, 2.45) is 0 Å². The zero-order valence-corrected chi connectivity index (χ0v) is 12.4. The predicted octanol–water partition coefficient (Wildman–Crippen LogP) is 1.15. The first-order chi connectivity index (χ1) is 9.40. The molecule has 112 valence electrons. The lowest BCUT2D eigenvalue weighted by Gasteiger charge is -2.29. The first-order valence-corrected chi connectivity index (χ1v) is 6.58. The number of pyridine rings is 1. The van der Waals surface area contributed by atoms with Crippen LogP contribution in [0.25, 0.3) is 0 Å². The van der Waals surface area contributed by atoms with Gasteiger partial charge >= 0.3 is 5.97 Å². The second-order valence-corrected chi connectivity index (χ2v) is 4.97. The van der Waals surface area contributed by atoms with Crippen molar-refractivity contribution in [1.82, 2.24) is 15.2 Å². The highest BCUT2D eigenvalue weighted by atomic mass is 19.1. The van der Waals surface area contributed by atoms with E-state index in [0.717, 1.165) is 12.7 Å². The standard InChI is InChI=1S/C14H22FN3O2/c1-5-20-13(19)14(2,17-6-7-18(3)4)11-8-12(15)10-16-9-11/h8-10,17H,5-7H2,1-4H3. The molecular formula is C14H22FN3O2. The van der Waals surface area contributed by atoms with Crippen molar-refractivity contribution in [2.75, 3.05) is 33.8 Å². The van der Waals surface area contributed by atoms with E-state index in [4.69, 9.17) is 4.74 Å². The number of ether oxygens (including phenoxy) is 1. The van der Waals surface area contributed by atoms with Gasteiger partial charge in [-0.15, -0.1) is 0 Å². The Morgan fingerprint density at radius 1 is 1.50 bits per heavy atom. The van der Waals surface area contributed by atoms with Crippen molar-refractivity contribution in [3.63, 3.8) is 0 Å². The van der Waals surface area contributed by atoms with Crippen LogP contribution in [0.4, 0.5) is 4.39 Å². The maximum Gasteiger partial charge on any atom is 0.330 e. The van der Waals surface area contributed by atoms with Crippen LogP contribution in [0.1, 0.15) is 19.4 Å². The minimum atomic E-state index is -1.11. The third-order valence-corrected chi connectivity index (χ3v) is 3.00. The lowest BCUT2D eigenvalue weighted by molar-refractivity contribution is -0.151. The number of esters is 1. The molecule has 0 bridgehead atoms. The van der Waals surface area contributed by atoms with Crippen molar-refractivity contribution in [1.29, 1.82) is 0 Å². The molecular weight excluding hydrogens is 261 g/mol. The van der Waals surface area contributed by atoms with Crippen molar-refractivity contribution in [2.45, 2.75) is 19.4 Å². The van der Waals surface area contributed by atoms with Crippen molar-refractivity contribution >= 4 is 5.97 Å². The third-order valence-electron chi connectivity index (χ3n) is 3.00. The third kappa shape index (κ3) is 4.25. The molecule has 0 saturated heterocycles. The summed E-state index contributed by atoms with van der Waals surface area (Å²) in [6.45, 7) is 5.00. The largest absolute Gasteiger partial charge is 0.464 e. The Kier molecular flexibility index (Phi) is 6.04. The summed E-state index contributed by atoms with van der Waals surface area (Å²) in [4.78, 5) is 18.0. The molecule has 0 radical (unpaired) electrons. The zero-order chi connectivity index (χ0) is 15.2. The van der Waals surface area contributed by atoms with Crippen LogP contribution in [-0.4, -0.2) is 49.6 Å². The molecule has 6 heteroatoms. The van der Waals surface area contributed by atoms with Gasteiger partial charge < -0.3 is 9.64 Å². The Morgan fingerprint density at radius 2 is 2.20 bits per heavy atom. The fraction of sp³-hybridized carbons (Fsp3) is 0.571. The van der Waals surface area contributed by atoms with E-state index in [-0.39, 0.29) is 6.61 Å². The Balaban J connectivity index is 2.97. The number of carbonyl (C=O) groups excluding carboxylic acids is 1. The molecule has 1 N–H and O–H groups in total. The van der Waals surface area contributed by atoms with E-state index in [9.17, 15) is 9.18 Å². The van der Waals surface area contributed by atoms with Gasteiger partial charge in [-0.2, -0.15) is 0 Å². The summed E-state index contributed by atoms with van der Waals surface area (Å²) < 4.78 is 18.4. The van der Waals surface area contributed by atoms with Crippen molar-refractivity contribution in [3.8, 4) is 0 Å². The maximum atomic E-state index is 13.3. The summed E-state index contributed by atoms with van der Waals surface area (Å²) >= 11 is 0.